The van der Waals surface area contributed by atoms with Gasteiger partial charge in [0.2, 0.25) is 0 Å². The predicted molar refractivity (Wildman–Crippen MR) is 93.0 cm³/mol. The number of aliphatic hydroxyl groups excluding tert-OH is 1. The first-order chi connectivity index (χ1) is 12.2. The van der Waals surface area contributed by atoms with Crippen LogP contribution in [0, 0.1) is 0 Å². The summed E-state index contributed by atoms with van der Waals surface area (Å²) in [6.45, 7) is -0.200. The van der Waals surface area contributed by atoms with E-state index in [1.807, 2.05) is 30.3 Å². The summed E-state index contributed by atoms with van der Waals surface area (Å²) in [4.78, 5) is 0. The van der Waals surface area contributed by atoms with E-state index in [4.69, 9.17) is 18.7 Å². The van der Waals surface area contributed by atoms with Crippen LogP contribution in [0.1, 0.15) is 5.56 Å². The van der Waals surface area contributed by atoms with Crippen molar-refractivity contribution in [1.29, 1.82) is 0 Å². The first kappa shape index (κ1) is 16.9. The Morgan fingerprint density at radius 3 is 2.16 bits per heavy atom. The SMILES string of the molecule is COc1ccc(-c2noc(-c3ccc(OC)c(OC)c3)c2CO)cc1. The van der Waals surface area contributed by atoms with Crippen LogP contribution in [-0.2, 0) is 6.61 Å². The van der Waals surface area contributed by atoms with Gasteiger partial charge in [0.25, 0.3) is 0 Å². The molecule has 0 aliphatic carbocycles. The smallest absolute Gasteiger partial charge is 0.173 e. The highest BCUT2D eigenvalue weighted by molar-refractivity contribution is 5.74. The molecule has 1 heterocycles. The molecule has 25 heavy (non-hydrogen) atoms. The van der Waals surface area contributed by atoms with Crippen molar-refractivity contribution in [3.8, 4) is 39.8 Å². The zero-order chi connectivity index (χ0) is 17.8. The van der Waals surface area contributed by atoms with Crippen molar-refractivity contribution in [2.24, 2.45) is 0 Å². The van der Waals surface area contributed by atoms with Gasteiger partial charge >= 0.3 is 0 Å². The number of rotatable bonds is 6. The van der Waals surface area contributed by atoms with Gasteiger partial charge in [-0.05, 0) is 42.5 Å². The highest BCUT2D eigenvalue weighted by Gasteiger charge is 2.19. The van der Waals surface area contributed by atoms with Gasteiger partial charge in [-0.15, -0.1) is 0 Å². The molecule has 6 heteroatoms. The summed E-state index contributed by atoms with van der Waals surface area (Å²) in [6.07, 6.45) is 0. The van der Waals surface area contributed by atoms with Gasteiger partial charge in [-0.1, -0.05) is 5.16 Å². The molecule has 0 radical (unpaired) electrons. The lowest BCUT2D eigenvalue weighted by atomic mass is 10.0. The summed E-state index contributed by atoms with van der Waals surface area (Å²) >= 11 is 0. The normalized spacial score (nSPS) is 10.6. The van der Waals surface area contributed by atoms with E-state index in [0.29, 0.717) is 28.5 Å². The maximum Gasteiger partial charge on any atom is 0.173 e. The van der Waals surface area contributed by atoms with Gasteiger partial charge in [0, 0.05) is 11.1 Å². The van der Waals surface area contributed by atoms with Crippen LogP contribution in [0.2, 0.25) is 0 Å². The Hall–Kier alpha value is -2.99. The van der Waals surface area contributed by atoms with Crippen molar-refractivity contribution in [3.05, 3.63) is 48.0 Å². The van der Waals surface area contributed by atoms with E-state index >= 15 is 0 Å². The third-order valence-corrected chi connectivity index (χ3v) is 3.96. The quantitative estimate of drug-likeness (QED) is 0.739. The topological polar surface area (TPSA) is 74.0 Å². The van der Waals surface area contributed by atoms with Crippen LogP contribution in [0.25, 0.3) is 22.6 Å². The van der Waals surface area contributed by atoms with E-state index in [-0.39, 0.29) is 6.61 Å². The molecule has 0 atom stereocenters. The minimum absolute atomic E-state index is 0.200. The predicted octanol–water partition coefficient (Wildman–Crippen LogP) is 3.53. The zero-order valence-corrected chi connectivity index (χ0v) is 14.3. The average molecular weight is 341 g/mol. The lowest BCUT2D eigenvalue weighted by molar-refractivity contribution is 0.281. The maximum absolute atomic E-state index is 9.86. The van der Waals surface area contributed by atoms with Crippen molar-refractivity contribution < 1.29 is 23.8 Å². The molecule has 0 aliphatic heterocycles. The Morgan fingerprint density at radius 1 is 0.880 bits per heavy atom. The van der Waals surface area contributed by atoms with Gasteiger partial charge in [0.1, 0.15) is 11.4 Å². The number of benzene rings is 2. The Labute approximate surface area is 145 Å². The first-order valence-corrected chi connectivity index (χ1v) is 7.68. The molecule has 0 amide bonds. The maximum atomic E-state index is 9.86. The summed E-state index contributed by atoms with van der Waals surface area (Å²) in [5, 5.41) is 14.0. The fourth-order valence-electron chi connectivity index (χ4n) is 2.64. The molecule has 0 bridgehead atoms. The summed E-state index contributed by atoms with van der Waals surface area (Å²) in [5.41, 5.74) is 2.78. The molecule has 0 fully saturated rings. The lowest BCUT2D eigenvalue weighted by Crippen LogP contribution is -1.92. The summed E-state index contributed by atoms with van der Waals surface area (Å²) < 4.78 is 21.3. The lowest BCUT2D eigenvalue weighted by Gasteiger charge is -2.09. The van der Waals surface area contributed by atoms with Crippen molar-refractivity contribution in [2.45, 2.75) is 6.61 Å². The monoisotopic (exact) mass is 341 g/mol. The number of nitrogens with zero attached hydrogens (tertiary/aromatic N) is 1. The Morgan fingerprint density at radius 2 is 1.56 bits per heavy atom. The highest BCUT2D eigenvalue weighted by Crippen LogP contribution is 2.37. The van der Waals surface area contributed by atoms with Gasteiger partial charge in [0.05, 0.1) is 33.5 Å². The molecular formula is C19H19NO5. The molecule has 0 saturated carbocycles. The third-order valence-electron chi connectivity index (χ3n) is 3.96. The molecule has 1 N–H and O–H groups in total. The van der Waals surface area contributed by atoms with Crippen LogP contribution in [0.15, 0.2) is 47.0 Å². The highest BCUT2D eigenvalue weighted by atomic mass is 16.5. The minimum atomic E-state index is -0.200. The average Bonchev–Trinajstić information content (AvgIpc) is 3.11. The second-order valence-electron chi connectivity index (χ2n) is 5.30. The van der Waals surface area contributed by atoms with E-state index in [9.17, 15) is 5.11 Å². The molecule has 1 aromatic heterocycles. The van der Waals surface area contributed by atoms with Gasteiger partial charge < -0.3 is 23.8 Å². The molecule has 6 nitrogen and oxygen atoms in total. The van der Waals surface area contributed by atoms with E-state index in [1.165, 1.54) is 0 Å². The van der Waals surface area contributed by atoms with Crippen molar-refractivity contribution >= 4 is 0 Å². The molecule has 130 valence electrons. The largest absolute Gasteiger partial charge is 0.497 e. The molecule has 3 aromatic rings. The van der Waals surface area contributed by atoms with Crippen LogP contribution in [0.4, 0.5) is 0 Å². The number of ether oxygens (including phenoxy) is 3. The second-order valence-corrected chi connectivity index (χ2v) is 5.30. The number of hydrogen-bond acceptors (Lipinski definition) is 6. The molecule has 3 rings (SSSR count). The number of aliphatic hydroxyl groups is 1. The first-order valence-electron chi connectivity index (χ1n) is 7.68. The molecule has 0 aliphatic rings. The van der Waals surface area contributed by atoms with Crippen LogP contribution in [-0.4, -0.2) is 31.6 Å². The van der Waals surface area contributed by atoms with Gasteiger partial charge in [0.15, 0.2) is 17.3 Å². The van der Waals surface area contributed by atoms with Crippen molar-refractivity contribution in [3.63, 3.8) is 0 Å². The Kier molecular flexibility index (Phi) is 4.90. The Balaban J connectivity index is 2.05. The van der Waals surface area contributed by atoms with E-state index < -0.39 is 0 Å². The minimum Gasteiger partial charge on any atom is -0.497 e. The number of hydrogen-bond donors (Lipinski definition) is 1. The van der Waals surface area contributed by atoms with Crippen LogP contribution in [0.3, 0.4) is 0 Å². The summed E-state index contributed by atoms with van der Waals surface area (Å²) in [5.74, 6) is 2.44. The second kappa shape index (κ2) is 7.27. The molecular weight excluding hydrogens is 322 g/mol. The van der Waals surface area contributed by atoms with Gasteiger partial charge in [-0.25, -0.2) is 0 Å². The molecule has 0 spiro atoms. The van der Waals surface area contributed by atoms with Gasteiger partial charge in [-0.2, -0.15) is 0 Å². The van der Waals surface area contributed by atoms with E-state index in [0.717, 1.165) is 16.9 Å². The van der Waals surface area contributed by atoms with Crippen LogP contribution in [0.5, 0.6) is 17.2 Å². The van der Waals surface area contributed by atoms with Crippen molar-refractivity contribution in [1.82, 2.24) is 5.16 Å². The van der Waals surface area contributed by atoms with E-state index in [1.54, 1.807) is 33.5 Å². The number of methoxy groups -OCH3 is 3. The van der Waals surface area contributed by atoms with Gasteiger partial charge in [-0.3, -0.25) is 0 Å². The molecule has 2 aromatic carbocycles. The summed E-state index contributed by atoms with van der Waals surface area (Å²) in [7, 11) is 4.75. The Bertz CT molecular complexity index is 855. The van der Waals surface area contributed by atoms with Crippen molar-refractivity contribution in [2.75, 3.05) is 21.3 Å². The summed E-state index contributed by atoms with van der Waals surface area (Å²) in [6, 6.07) is 12.8. The van der Waals surface area contributed by atoms with E-state index in [2.05, 4.69) is 5.16 Å². The zero-order valence-electron chi connectivity index (χ0n) is 14.3. The fourth-order valence-corrected chi connectivity index (χ4v) is 2.64. The van der Waals surface area contributed by atoms with Crippen LogP contribution < -0.4 is 14.2 Å². The number of aromatic nitrogens is 1. The molecule has 0 unspecified atom stereocenters. The molecule has 0 saturated heterocycles. The fraction of sp³-hybridized carbons (Fsp3) is 0.211. The standard InChI is InChI=1S/C19H19NO5/c1-22-14-7-4-12(5-8-14)18-15(11-21)19(25-20-18)13-6-9-16(23-2)17(10-13)24-3/h4-10,21H,11H2,1-3H3. The third kappa shape index (κ3) is 3.16. The van der Waals surface area contributed by atoms with Crippen LogP contribution >= 0.6 is 0 Å².